The fourth-order valence-electron chi connectivity index (χ4n) is 2.73. The van der Waals surface area contributed by atoms with Crippen molar-refractivity contribution in [2.45, 2.75) is 0 Å². The van der Waals surface area contributed by atoms with Gasteiger partial charge in [0.15, 0.2) is 17.2 Å². The van der Waals surface area contributed by atoms with Crippen molar-refractivity contribution < 1.29 is 9.36 Å². The van der Waals surface area contributed by atoms with E-state index in [-0.39, 0.29) is 22.9 Å². The summed E-state index contributed by atoms with van der Waals surface area (Å²) in [6.07, 6.45) is 1.38. The number of nitrogens with two attached hydrogens (primary N) is 1. The lowest BCUT2D eigenvalue weighted by Gasteiger charge is -2.13. The van der Waals surface area contributed by atoms with Crippen LogP contribution in [0.15, 0.2) is 45.9 Å². The Labute approximate surface area is 162 Å². The molecule has 0 saturated heterocycles. The fraction of sp³-hybridized carbons (Fsp3) is 0.0588. The summed E-state index contributed by atoms with van der Waals surface area (Å²) >= 11 is 12.5. The van der Waals surface area contributed by atoms with Gasteiger partial charge in [-0.3, -0.25) is 4.79 Å². The summed E-state index contributed by atoms with van der Waals surface area (Å²) < 4.78 is 5.81. The van der Waals surface area contributed by atoms with Gasteiger partial charge in [-0.1, -0.05) is 34.4 Å². The van der Waals surface area contributed by atoms with Crippen LogP contribution in [0.1, 0.15) is 0 Å². The van der Waals surface area contributed by atoms with Crippen LogP contribution in [0.25, 0.3) is 33.7 Å². The van der Waals surface area contributed by atoms with Crippen molar-refractivity contribution >= 4 is 40.1 Å². The lowest BCUT2D eigenvalue weighted by Crippen LogP contribution is -2.27. The maximum absolute atomic E-state index is 13.0. The number of halogens is 2. The van der Waals surface area contributed by atoms with Crippen LogP contribution in [-0.4, -0.2) is 27.0 Å². The first-order valence-electron chi connectivity index (χ1n) is 7.64. The Morgan fingerprint density at radius 3 is 2.56 bits per heavy atom. The molecule has 0 saturated carbocycles. The number of benzene rings is 1. The monoisotopic (exact) mass is 403 g/mol. The molecule has 0 spiro atoms. The van der Waals surface area contributed by atoms with Crippen LogP contribution in [0.4, 0.5) is 5.82 Å². The molecule has 0 aliphatic heterocycles. The Hall–Kier alpha value is -3.10. The molecule has 10 heteroatoms. The third kappa shape index (κ3) is 2.79. The van der Waals surface area contributed by atoms with Crippen molar-refractivity contribution in [2.75, 3.05) is 12.8 Å². The zero-order chi connectivity index (χ0) is 19.1. The van der Waals surface area contributed by atoms with E-state index in [0.717, 1.165) is 4.73 Å². The summed E-state index contributed by atoms with van der Waals surface area (Å²) in [6.45, 7) is 0. The molecule has 0 amide bonds. The number of rotatable bonds is 3. The Balaban J connectivity index is 2.08. The zero-order valence-electron chi connectivity index (χ0n) is 13.8. The van der Waals surface area contributed by atoms with E-state index < -0.39 is 5.56 Å². The minimum absolute atomic E-state index is 0.133. The SMILES string of the molecule is COn1c(=O)c(-c2c(Cl)cccc2Cl)cc2c(N)nc(-c3ccon3)nc21. The molecule has 8 nitrogen and oxygen atoms in total. The van der Waals surface area contributed by atoms with E-state index in [4.69, 9.17) is 38.3 Å². The second-order valence-electron chi connectivity index (χ2n) is 5.49. The molecule has 136 valence electrons. The summed E-state index contributed by atoms with van der Waals surface area (Å²) in [5, 5.41) is 4.82. The third-order valence-corrected chi connectivity index (χ3v) is 4.56. The molecule has 0 bridgehead atoms. The Morgan fingerprint density at radius 2 is 1.93 bits per heavy atom. The van der Waals surface area contributed by atoms with Crippen molar-refractivity contribution in [1.82, 2.24) is 19.9 Å². The summed E-state index contributed by atoms with van der Waals surface area (Å²) in [7, 11) is 1.34. The van der Waals surface area contributed by atoms with E-state index in [9.17, 15) is 4.79 Å². The molecule has 0 atom stereocenters. The van der Waals surface area contributed by atoms with E-state index in [0.29, 0.717) is 26.7 Å². The molecule has 0 aliphatic carbocycles. The van der Waals surface area contributed by atoms with Crippen LogP contribution < -0.4 is 16.1 Å². The molecular weight excluding hydrogens is 393 g/mol. The van der Waals surface area contributed by atoms with Crippen molar-refractivity contribution in [1.29, 1.82) is 0 Å². The van der Waals surface area contributed by atoms with Crippen molar-refractivity contribution in [3.8, 4) is 22.6 Å². The van der Waals surface area contributed by atoms with Crippen molar-refractivity contribution in [3.05, 3.63) is 57.0 Å². The highest BCUT2D eigenvalue weighted by Crippen LogP contribution is 2.34. The van der Waals surface area contributed by atoms with Gasteiger partial charge in [0.1, 0.15) is 19.2 Å². The predicted molar refractivity (Wildman–Crippen MR) is 102 cm³/mol. The number of anilines is 1. The molecule has 0 unspecified atom stereocenters. The number of hydrogen-bond acceptors (Lipinski definition) is 7. The fourth-order valence-corrected chi connectivity index (χ4v) is 3.33. The molecule has 4 rings (SSSR count). The average Bonchev–Trinajstić information content (AvgIpc) is 3.17. The molecular formula is C17H11Cl2N5O3. The number of nitrogen functional groups attached to an aromatic ring is 1. The second kappa shape index (κ2) is 6.57. The van der Waals surface area contributed by atoms with Gasteiger partial charge in [-0.15, -0.1) is 4.73 Å². The molecule has 3 heterocycles. The normalized spacial score (nSPS) is 11.1. The molecule has 0 fully saturated rings. The topological polar surface area (TPSA) is 109 Å². The predicted octanol–water partition coefficient (Wildman–Crippen LogP) is 3.06. The van der Waals surface area contributed by atoms with Gasteiger partial charge in [0.2, 0.25) is 0 Å². The van der Waals surface area contributed by atoms with Crippen LogP contribution >= 0.6 is 23.2 Å². The maximum atomic E-state index is 13.0. The average molecular weight is 404 g/mol. The highest BCUT2D eigenvalue weighted by atomic mass is 35.5. The van der Waals surface area contributed by atoms with Crippen LogP contribution in [0.5, 0.6) is 0 Å². The minimum atomic E-state index is -0.496. The van der Waals surface area contributed by atoms with Gasteiger partial charge in [0, 0.05) is 11.6 Å². The van der Waals surface area contributed by atoms with Crippen molar-refractivity contribution in [2.24, 2.45) is 0 Å². The largest absolute Gasteiger partial charge is 0.412 e. The van der Waals surface area contributed by atoms with E-state index in [1.807, 2.05) is 0 Å². The number of fused-ring (bicyclic) bond motifs is 1. The molecule has 0 radical (unpaired) electrons. The number of pyridine rings is 1. The van der Waals surface area contributed by atoms with Crippen LogP contribution in [0.2, 0.25) is 10.0 Å². The molecule has 3 aromatic heterocycles. The Bertz CT molecular complexity index is 1200. The number of hydrogen-bond donors (Lipinski definition) is 1. The highest BCUT2D eigenvalue weighted by molar-refractivity contribution is 6.39. The third-order valence-electron chi connectivity index (χ3n) is 3.93. The van der Waals surface area contributed by atoms with Crippen LogP contribution in [-0.2, 0) is 0 Å². The summed E-state index contributed by atoms with van der Waals surface area (Å²) in [5.74, 6) is 0.329. The van der Waals surface area contributed by atoms with Gasteiger partial charge in [-0.25, -0.2) is 9.97 Å². The molecule has 2 N–H and O–H groups in total. The van der Waals surface area contributed by atoms with Gasteiger partial charge in [-0.2, -0.15) is 0 Å². The molecule has 1 aromatic carbocycles. The molecule has 4 aromatic rings. The van der Waals surface area contributed by atoms with Crippen molar-refractivity contribution in [3.63, 3.8) is 0 Å². The van der Waals surface area contributed by atoms with E-state index in [1.54, 1.807) is 30.3 Å². The van der Waals surface area contributed by atoms with Crippen LogP contribution in [0, 0.1) is 0 Å². The van der Waals surface area contributed by atoms with Gasteiger partial charge in [0.25, 0.3) is 5.56 Å². The Kier molecular flexibility index (Phi) is 4.21. The second-order valence-corrected chi connectivity index (χ2v) is 6.31. The maximum Gasteiger partial charge on any atom is 0.293 e. The van der Waals surface area contributed by atoms with E-state index in [1.165, 1.54) is 13.4 Å². The first-order valence-corrected chi connectivity index (χ1v) is 8.39. The smallest absolute Gasteiger partial charge is 0.293 e. The zero-order valence-corrected chi connectivity index (χ0v) is 15.3. The highest BCUT2D eigenvalue weighted by Gasteiger charge is 2.20. The van der Waals surface area contributed by atoms with Crippen LogP contribution in [0.3, 0.4) is 0 Å². The van der Waals surface area contributed by atoms with Gasteiger partial charge >= 0.3 is 0 Å². The first-order chi connectivity index (χ1) is 13.0. The molecule has 27 heavy (non-hydrogen) atoms. The minimum Gasteiger partial charge on any atom is -0.412 e. The summed E-state index contributed by atoms with van der Waals surface area (Å²) in [6, 6.07) is 8.08. The number of nitrogens with zero attached hydrogens (tertiary/aromatic N) is 4. The Morgan fingerprint density at radius 1 is 1.19 bits per heavy atom. The first kappa shape index (κ1) is 17.3. The van der Waals surface area contributed by atoms with E-state index in [2.05, 4.69) is 15.1 Å². The summed E-state index contributed by atoms with van der Waals surface area (Å²) in [4.78, 5) is 26.9. The number of aromatic nitrogens is 4. The van der Waals surface area contributed by atoms with Gasteiger partial charge in [-0.05, 0) is 18.2 Å². The summed E-state index contributed by atoms with van der Waals surface area (Å²) in [5.41, 5.74) is 6.76. The van der Waals surface area contributed by atoms with E-state index >= 15 is 0 Å². The lowest BCUT2D eigenvalue weighted by molar-refractivity contribution is 0.168. The standard InChI is InChI=1S/C17H11Cl2N5O3/c1-26-24-16-9(14(20)21-15(22-16)12-5-6-27-23-12)7-8(17(24)25)13-10(18)3-2-4-11(13)19/h2-7H,1H3,(H2,20,21,22). The van der Waals surface area contributed by atoms with Gasteiger partial charge < -0.3 is 15.1 Å². The lowest BCUT2D eigenvalue weighted by atomic mass is 10.1. The van der Waals surface area contributed by atoms with Gasteiger partial charge in [0.05, 0.1) is 21.0 Å². The quantitative estimate of drug-likeness (QED) is 0.559. The molecule has 0 aliphatic rings.